The highest BCUT2D eigenvalue weighted by Crippen LogP contribution is 2.52. The molecule has 0 amide bonds. The minimum Gasteiger partial charge on any atom is -0.335 e. The van der Waals surface area contributed by atoms with Crippen LogP contribution in [0.2, 0.25) is 0 Å². The van der Waals surface area contributed by atoms with Gasteiger partial charge in [-0.2, -0.15) is 4.98 Å². The summed E-state index contributed by atoms with van der Waals surface area (Å²) in [6.07, 6.45) is 7.79. The zero-order valence-corrected chi connectivity index (χ0v) is 12.3. The number of hydrogen-bond acceptors (Lipinski definition) is 4. The van der Waals surface area contributed by atoms with Gasteiger partial charge in [0.15, 0.2) is 0 Å². The molecule has 0 radical (unpaired) electrons. The lowest BCUT2D eigenvalue weighted by molar-refractivity contribution is 0.404. The quantitative estimate of drug-likeness (QED) is 0.866. The summed E-state index contributed by atoms with van der Waals surface area (Å²) in [4.78, 5) is 7.10. The number of nitrogens with two attached hydrogens (primary N) is 1. The van der Waals surface area contributed by atoms with Crippen molar-refractivity contribution in [3.63, 3.8) is 0 Å². The highest BCUT2D eigenvalue weighted by molar-refractivity contribution is 5.33. The van der Waals surface area contributed by atoms with Gasteiger partial charge in [0.2, 0.25) is 5.95 Å². The summed E-state index contributed by atoms with van der Waals surface area (Å²) in [7, 11) is 0. The monoisotopic (exact) mass is 275 g/mol. The molecule has 1 aliphatic heterocycles. The van der Waals surface area contributed by atoms with Gasteiger partial charge in [0.05, 0.1) is 0 Å². The van der Waals surface area contributed by atoms with E-state index in [1.807, 2.05) is 0 Å². The van der Waals surface area contributed by atoms with Crippen LogP contribution in [0.1, 0.15) is 57.2 Å². The van der Waals surface area contributed by atoms with Gasteiger partial charge >= 0.3 is 0 Å². The second-order valence-electron chi connectivity index (χ2n) is 7.04. The number of nitrogens with zero attached hydrogens (tertiary/aromatic N) is 3. The van der Waals surface area contributed by atoms with Crippen LogP contribution in [-0.4, -0.2) is 33.8 Å². The standard InChI is InChI=1S/C15H25N5/c1-9-13(16)3-2-6-20(9)15-17-14(18-19-15)12-8-10-4-5-11(12)7-10/h9-13H,2-8,16H2,1H3,(H,17,18,19). The van der Waals surface area contributed by atoms with Gasteiger partial charge in [-0.3, -0.25) is 5.10 Å². The van der Waals surface area contributed by atoms with Crippen LogP contribution in [0, 0.1) is 11.8 Å². The van der Waals surface area contributed by atoms with Gasteiger partial charge in [0, 0.05) is 24.5 Å². The molecule has 1 saturated heterocycles. The molecule has 0 spiro atoms. The van der Waals surface area contributed by atoms with Crippen molar-refractivity contribution in [3.05, 3.63) is 5.82 Å². The molecule has 5 unspecified atom stereocenters. The maximum absolute atomic E-state index is 6.18. The van der Waals surface area contributed by atoms with Crippen molar-refractivity contribution in [3.8, 4) is 0 Å². The van der Waals surface area contributed by atoms with Crippen LogP contribution in [0.15, 0.2) is 0 Å². The van der Waals surface area contributed by atoms with Crippen LogP contribution in [-0.2, 0) is 0 Å². The van der Waals surface area contributed by atoms with E-state index in [1.54, 1.807) is 0 Å². The fourth-order valence-electron chi connectivity index (χ4n) is 4.59. The summed E-state index contributed by atoms with van der Waals surface area (Å²) in [6, 6.07) is 0.584. The largest absolute Gasteiger partial charge is 0.335 e. The normalized spacial score (nSPS) is 40.5. The number of fused-ring (bicyclic) bond motifs is 2. The average molecular weight is 275 g/mol. The summed E-state index contributed by atoms with van der Waals surface area (Å²) in [5.41, 5.74) is 6.18. The van der Waals surface area contributed by atoms with Gasteiger partial charge in [-0.15, -0.1) is 5.10 Å². The van der Waals surface area contributed by atoms with Gasteiger partial charge < -0.3 is 10.6 Å². The molecule has 2 bridgehead atoms. The van der Waals surface area contributed by atoms with Crippen LogP contribution in [0.5, 0.6) is 0 Å². The Balaban J connectivity index is 1.53. The van der Waals surface area contributed by atoms with Gasteiger partial charge in [-0.05, 0) is 50.9 Å². The van der Waals surface area contributed by atoms with Crippen molar-refractivity contribution in [2.24, 2.45) is 17.6 Å². The number of piperidine rings is 1. The molecule has 5 nitrogen and oxygen atoms in total. The highest BCUT2D eigenvalue weighted by Gasteiger charge is 2.42. The Kier molecular flexibility index (Phi) is 2.98. The molecular weight excluding hydrogens is 250 g/mol. The molecule has 1 aromatic rings. The third kappa shape index (κ3) is 1.94. The Morgan fingerprint density at radius 1 is 1.25 bits per heavy atom. The molecule has 110 valence electrons. The molecule has 5 atom stereocenters. The van der Waals surface area contributed by atoms with Crippen LogP contribution in [0.25, 0.3) is 0 Å². The summed E-state index contributed by atoms with van der Waals surface area (Å²) in [6.45, 7) is 3.22. The minimum absolute atomic E-state index is 0.244. The second-order valence-corrected chi connectivity index (χ2v) is 7.04. The Hall–Kier alpha value is -1.10. The molecule has 5 heteroatoms. The number of nitrogens with one attached hydrogen (secondary N) is 1. The third-order valence-corrected chi connectivity index (χ3v) is 5.88. The first-order valence-corrected chi connectivity index (χ1v) is 8.17. The predicted octanol–water partition coefficient (Wildman–Crippen LogP) is 2.02. The number of aromatic amines is 1. The van der Waals surface area contributed by atoms with Crippen LogP contribution < -0.4 is 10.6 Å². The van der Waals surface area contributed by atoms with Gasteiger partial charge in [-0.25, -0.2) is 0 Å². The summed E-state index contributed by atoms with van der Waals surface area (Å²) >= 11 is 0. The molecule has 2 heterocycles. The summed E-state index contributed by atoms with van der Waals surface area (Å²) < 4.78 is 0. The highest BCUT2D eigenvalue weighted by atomic mass is 15.4. The van der Waals surface area contributed by atoms with E-state index in [0.29, 0.717) is 12.0 Å². The lowest BCUT2D eigenvalue weighted by Crippen LogP contribution is -2.51. The number of hydrogen-bond donors (Lipinski definition) is 2. The molecular formula is C15H25N5. The number of aromatic nitrogens is 3. The molecule has 1 aromatic heterocycles. The maximum atomic E-state index is 6.18. The zero-order chi connectivity index (χ0) is 13.7. The summed E-state index contributed by atoms with van der Waals surface area (Å²) in [5.74, 6) is 4.41. The molecule has 3 fully saturated rings. The third-order valence-electron chi connectivity index (χ3n) is 5.88. The van der Waals surface area contributed by atoms with Crippen LogP contribution >= 0.6 is 0 Å². The summed E-state index contributed by atoms with van der Waals surface area (Å²) in [5, 5.41) is 7.71. The smallest absolute Gasteiger partial charge is 0.245 e. The molecule has 3 aliphatic rings. The van der Waals surface area contributed by atoms with E-state index in [1.165, 1.54) is 25.7 Å². The molecule has 4 rings (SSSR count). The van der Waals surface area contributed by atoms with Crippen LogP contribution in [0.4, 0.5) is 5.95 Å². The Morgan fingerprint density at radius 3 is 2.90 bits per heavy atom. The number of H-pyrrole nitrogens is 1. The first-order chi connectivity index (χ1) is 9.72. The van der Waals surface area contributed by atoms with E-state index in [9.17, 15) is 0 Å². The van der Waals surface area contributed by atoms with E-state index >= 15 is 0 Å². The van der Waals surface area contributed by atoms with Gasteiger partial charge in [0.1, 0.15) is 5.82 Å². The Morgan fingerprint density at radius 2 is 2.15 bits per heavy atom. The Labute approximate surface area is 120 Å². The van der Waals surface area contributed by atoms with Crippen molar-refractivity contribution < 1.29 is 0 Å². The first-order valence-electron chi connectivity index (χ1n) is 8.17. The van der Waals surface area contributed by atoms with E-state index in [-0.39, 0.29) is 6.04 Å². The van der Waals surface area contributed by atoms with E-state index in [2.05, 4.69) is 22.0 Å². The lowest BCUT2D eigenvalue weighted by atomic mass is 9.88. The van der Waals surface area contributed by atoms with E-state index in [4.69, 9.17) is 10.7 Å². The van der Waals surface area contributed by atoms with Gasteiger partial charge in [0.25, 0.3) is 0 Å². The predicted molar refractivity (Wildman–Crippen MR) is 78.6 cm³/mol. The second kappa shape index (κ2) is 4.72. The molecule has 0 aromatic carbocycles. The zero-order valence-electron chi connectivity index (χ0n) is 12.3. The van der Waals surface area contributed by atoms with Crippen molar-refractivity contribution in [1.82, 2.24) is 15.2 Å². The minimum atomic E-state index is 0.244. The topological polar surface area (TPSA) is 70.8 Å². The lowest BCUT2D eigenvalue weighted by Gasteiger charge is -2.36. The van der Waals surface area contributed by atoms with E-state index < -0.39 is 0 Å². The van der Waals surface area contributed by atoms with Crippen molar-refractivity contribution in [2.75, 3.05) is 11.4 Å². The van der Waals surface area contributed by atoms with Crippen LogP contribution in [0.3, 0.4) is 0 Å². The van der Waals surface area contributed by atoms with Crippen molar-refractivity contribution in [1.29, 1.82) is 0 Å². The first kappa shape index (κ1) is 12.6. The molecule has 20 heavy (non-hydrogen) atoms. The van der Waals surface area contributed by atoms with Crippen molar-refractivity contribution >= 4 is 5.95 Å². The number of rotatable bonds is 2. The SMILES string of the molecule is CC1C(N)CCCN1c1n[nH]c(C2CC3CCC2C3)n1. The molecule has 2 saturated carbocycles. The van der Waals surface area contributed by atoms with Gasteiger partial charge in [-0.1, -0.05) is 6.42 Å². The fourth-order valence-corrected chi connectivity index (χ4v) is 4.59. The molecule has 3 N–H and O–H groups in total. The van der Waals surface area contributed by atoms with E-state index in [0.717, 1.165) is 43.0 Å². The van der Waals surface area contributed by atoms with Crippen molar-refractivity contribution in [2.45, 2.75) is 63.5 Å². The number of anilines is 1. The Bertz CT molecular complexity index is 484. The maximum Gasteiger partial charge on any atom is 0.245 e. The average Bonchev–Trinajstić information content (AvgIpc) is 3.16. The molecule has 2 aliphatic carbocycles. The fraction of sp³-hybridized carbons (Fsp3) is 0.867.